The summed E-state index contributed by atoms with van der Waals surface area (Å²) in [5.74, 6) is -1.19. The highest BCUT2D eigenvalue weighted by molar-refractivity contribution is 5.76. The lowest BCUT2D eigenvalue weighted by atomic mass is 9.88. The molecule has 0 aliphatic heterocycles. The van der Waals surface area contributed by atoms with Gasteiger partial charge in [0, 0.05) is 6.92 Å². The fourth-order valence-corrected chi connectivity index (χ4v) is 1.72. The highest BCUT2D eigenvalue weighted by Crippen LogP contribution is 2.24. The minimum atomic E-state index is -0.944. The molecule has 0 aliphatic rings. The van der Waals surface area contributed by atoms with Gasteiger partial charge in [-0.3, -0.25) is 9.59 Å². The Morgan fingerprint density at radius 3 is 2.31 bits per heavy atom. The molecule has 16 heavy (non-hydrogen) atoms. The Bertz CT molecular complexity index is 371. The van der Waals surface area contributed by atoms with E-state index in [9.17, 15) is 9.59 Å². The maximum Gasteiger partial charge on any atom is 0.306 e. The second-order valence-corrected chi connectivity index (χ2v) is 3.95. The molecule has 0 aliphatic carbocycles. The van der Waals surface area contributed by atoms with Crippen molar-refractivity contribution in [3.8, 4) is 0 Å². The molecule has 0 heterocycles. The van der Waals surface area contributed by atoms with Crippen LogP contribution in [0.15, 0.2) is 30.3 Å². The molecular weight excluding hydrogens is 206 g/mol. The molecule has 2 N–H and O–H groups in total. The maximum absolute atomic E-state index is 11.1. The number of carboxylic acids is 1. The highest BCUT2D eigenvalue weighted by atomic mass is 16.4. The summed E-state index contributed by atoms with van der Waals surface area (Å²) in [6, 6.07) is 9.09. The third-order valence-electron chi connectivity index (χ3n) is 2.37. The third kappa shape index (κ3) is 3.08. The van der Waals surface area contributed by atoms with Crippen LogP contribution in [0.1, 0.15) is 25.8 Å². The Hall–Kier alpha value is -1.84. The Morgan fingerprint density at radius 1 is 1.31 bits per heavy atom. The van der Waals surface area contributed by atoms with Gasteiger partial charge in [-0.1, -0.05) is 30.3 Å². The third-order valence-corrected chi connectivity index (χ3v) is 2.37. The van der Waals surface area contributed by atoms with Gasteiger partial charge in [0.15, 0.2) is 0 Å². The molecule has 0 saturated heterocycles. The normalized spacial score (nSPS) is 13.9. The summed E-state index contributed by atoms with van der Waals surface area (Å²) >= 11 is 0. The van der Waals surface area contributed by atoms with E-state index in [1.54, 1.807) is 19.1 Å². The van der Waals surface area contributed by atoms with Crippen LogP contribution in [-0.2, 0) is 15.1 Å². The Balaban J connectivity index is 3.04. The molecule has 1 amide bonds. The van der Waals surface area contributed by atoms with Gasteiger partial charge >= 0.3 is 5.97 Å². The number of carbonyl (C=O) groups is 2. The smallest absolute Gasteiger partial charge is 0.306 e. The molecule has 4 nitrogen and oxygen atoms in total. The van der Waals surface area contributed by atoms with E-state index in [0.29, 0.717) is 0 Å². The number of benzene rings is 1. The molecule has 1 rings (SSSR count). The first kappa shape index (κ1) is 12.2. The molecule has 0 bridgehead atoms. The molecule has 4 heteroatoms. The van der Waals surface area contributed by atoms with Crippen molar-refractivity contribution in [3.05, 3.63) is 35.9 Å². The zero-order valence-electron chi connectivity index (χ0n) is 9.36. The van der Waals surface area contributed by atoms with Crippen molar-refractivity contribution in [1.29, 1.82) is 0 Å². The van der Waals surface area contributed by atoms with Gasteiger partial charge in [0.25, 0.3) is 0 Å². The summed E-state index contributed by atoms with van der Waals surface area (Å²) in [6.45, 7) is 3.08. The molecule has 0 unspecified atom stereocenters. The van der Waals surface area contributed by atoms with Gasteiger partial charge in [-0.15, -0.1) is 0 Å². The largest absolute Gasteiger partial charge is 0.481 e. The van der Waals surface area contributed by atoms with Gasteiger partial charge in [0.2, 0.25) is 5.91 Å². The molecule has 1 atom stereocenters. The predicted molar refractivity (Wildman–Crippen MR) is 59.9 cm³/mol. The number of rotatable bonds is 4. The molecule has 0 fully saturated rings. The minimum absolute atomic E-state index is 0.142. The van der Waals surface area contributed by atoms with Crippen LogP contribution in [-0.4, -0.2) is 17.0 Å². The Labute approximate surface area is 94.3 Å². The molecule has 0 radical (unpaired) electrons. The number of amides is 1. The lowest BCUT2D eigenvalue weighted by molar-refractivity contribution is -0.139. The van der Waals surface area contributed by atoms with E-state index in [-0.39, 0.29) is 12.3 Å². The minimum Gasteiger partial charge on any atom is -0.481 e. The van der Waals surface area contributed by atoms with Crippen LogP contribution in [0.2, 0.25) is 0 Å². The van der Waals surface area contributed by atoms with Crippen LogP contribution in [0.5, 0.6) is 0 Å². The Morgan fingerprint density at radius 2 is 1.88 bits per heavy atom. The van der Waals surface area contributed by atoms with Gasteiger partial charge in [0.05, 0.1) is 12.0 Å². The van der Waals surface area contributed by atoms with Crippen LogP contribution in [0, 0.1) is 0 Å². The van der Waals surface area contributed by atoms with Crippen molar-refractivity contribution in [2.45, 2.75) is 25.8 Å². The zero-order valence-corrected chi connectivity index (χ0v) is 9.36. The molecule has 1 aromatic carbocycles. The van der Waals surface area contributed by atoms with E-state index >= 15 is 0 Å². The number of nitrogens with one attached hydrogen (secondary N) is 1. The number of carboxylic acid groups (broad SMARTS) is 1. The second kappa shape index (κ2) is 4.79. The first-order valence-electron chi connectivity index (χ1n) is 5.00. The van der Waals surface area contributed by atoms with E-state index in [4.69, 9.17) is 5.11 Å². The predicted octanol–water partition coefficient (Wildman–Crippen LogP) is 1.51. The van der Waals surface area contributed by atoms with E-state index in [1.807, 2.05) is 18.2 Å². The lowest BCUT2D eigenvalue weighted by Crippen LogP contribution is -2.44. The van der Waals surface area contributed by atoms with Crippen LogP contribution in [0.3, 0.4) is 0 Å². The first-order valence-corrected chi connectivity index (χ1v) is 5.00. The zero-order chi connectivity index (χ0) is 12.2. The summed E-state index contributed by atoms with van der Waals surface area (Å²) < 4.78 is 0. The summed E-state index contributed by atoms with van der Waals surface area (Å²) in [7, 11) is 0. The average Bonchev–Trinajstić information content (AvgIpc) is 2.16. The van der Waals surface area contributed by atoms with E-state index in [2.05, 4.69) is 5.32 Å². The summed E-state index contributed by atoms with van der Waals surface area (Å²) in [4.78, 5) is 21.9. The number of carbonyl (C=O) groups excluding carboxylic acids is 1. The quantitative estimate of drug-likeness (QED) is 0.810. The van der Waals surface area contributed by atoms with Crippen LogP contribution < -0.4 is 5.32 Å². The summed E-state index contributed by atoms with van der Waals surface area (Å²) in [5, 5.41) is 11.6. The monoisotopic (exact) mass is 221 g/mol. The molecule has 0 saturated carbocycles. The van der Waals surface area contributed by atoms with Crippen molar-refractivity contribution < 1.29 is 14.7 Å². The highest BCUT2D eigenvalue weighted by Gasteiger charge is 2.30. The first-order chi connectivity index (χ1) is 7.44. The van der Waals surface area contributed by atoms with Crippen molar-refractivity contribution in [1.82, 2.24) is 5.32 Å². The summed E-state index contributed by atoms with van der Waals surface area (Å²) in [5.41, 5.74) is -0.0774. The lowest BCUT2D eigenvalue weighted by Gasteiger charge is -2.29. The Kier molecular flexibility index (Phi) is 3.66. The number of hydrogen-bond donors (Lipinski definition) is 2. The number of hydrogen-bond acceptors (Lipinski definition) is 2. The second-order valence-electron chi connectivity index (χ2n) is 3.95. The van der Waals surface area contributed by atoms with Crippen molar-refractivity contribution in [2.75, 3.05) is 0 Å². The maximum atomic E-state index is 11.1. The average molecular weight is 221 g/mol. The van der Waals surface area contributed by atoms with Crippen LogP contribution in [0.25, 0.3) is 0 Å². The fraction of sp³-hybridized carbons (Fsp3) is 0.333. The van der Waals surface area contributed by atoms with Gasteiger partial charge < -0.3 is 10.4 Å². The summed E-state index contributed by atoms with van der Waals surface area (Å²) in [6.07, 6.45) is -0.142. The van der Waals surface area contributed by atoms with Gasteiger partial charge in [-0.2, -0.15) is 0 Å². The molecule has 0 spiro atoms. The topological polar surface area (TPSA) is 66.4 Å². The van der Waals surface area contributed by atoms with Crippen LogP contribution in [0.4, 0.5) is 0 Å². The molecule has 86 valence electrons. The fourth-order valence-electron chi connectivity index (χ4n) is 1.72. The molecular formula is C12H15NO3. The van der Waals surface area contributed by atoms with E-state index < -0.39 is 11.5 Å². The van der Waals surface area contributed by atoms with Gasteiger partial charge in [-0.05, 0) is 12.5 Å². The van der Waals surface area contributed by atoms with Crippen molar-refractivity contribution in [3.63, 3.8) is 0 Å². The van der Waals surface area contributed by atoms with E-state index in [0.717, 1.165) is 5.56 Å². The van der Waals surface area contributed by atoms with Gasteiger partial charge in [-0.25, -0.2) is 0 Å². The van der Waals surface area contributed by atoms with Crippen molar-refractivity contribution in [2.24, 2.45) is 0 Å². The number of aliphatic carboxylic acids is 1. The molecule has 1 aromatic rings. The van der Waals surface area contributed by atoms with Crippen LogP contribution >= 0.6 is 0 Å². The SMILES string of the molecule is CC(=O)N[C@@](C)(CC(=O)O)c1ccccc1. The van der Waals surface area contributed by atoms with E-state index in [1.165, 1.54) is 6.92 Å². The molecule has 0 aromatic heterocycles. The standard InChI is InChI=1S/C12H15NO3/c1-9(14)13-12(2,8-11(15)16)10-6-4-3-5-7-10/h3-7H,8H2,1-2H3,(H,13,14)(H,15,16)/t12-/m0/s1. The van der Waals surface area contributed by atoms with Crippen molar-refractivity contribution >= 4 is 11.9 Å². The van der Waals surface area contributed by atoms with Gasteiger partial charge in [0.1, 0.15) is 0 Å².